The minimum Gasteiger partial charge on any atom is -0.427 e. The van der Waals surface area contributed by atoms with Gasteiger partial charge in [-0.15, -0.1) is 5.10 Å². The Balaban J connectivity index is 0.000000126. The van der Waals surface area contributed by atoms with Gasteiger partial charge in [0.2, 0.25) is 4.73 Å². The average Bonchev–Trinajstić information content (AvgIpc) is 1.66. The highest BCUT2D eigenvalue weighted by Gasteiger charge is 2.35. The number of nitro groups is 3. The molecule has 4 aliphatic carbocycles. The molecule has 7 heterocycles. The largest absolute Gasteiger partial charge is 0.454 e. The molecule has 96 heavy (non-hydrogen) atoms. The van der Waals surface area contributed by atoms with Crippen molar-refractivity contribution in [3.63, 3.8) is 0 Å². The number of hydrogen-bond acceptors (Lipinski definition) is 20. The van der Waals surface area contributed by atoms with Crippen LogP contribution in [0.15, 0.2) is 115 Å². The van der Waals surface area contributed by atoms with Crippen molar-refractivity contribution in [2.24, 2.45) is 0 Å². The molecule has 6 aromatic rings. The maximum atomic E-state index is 12.8. The summed E-state index contributed by atoms with van der Waals surface area (Å²) in [6.07, 6.45) is 10.7. The number of nitro benzene ring substituents is 3. The predicted octanol–water partition coefficient (Wildman–Crippen LogP) is 11.2. The fourth-order valence-electron chi connectivity index (χ4n) is 11.5. The van der Waals surface area contributed by atoms with Crippen molar-refractivity contribution < 1.29 is 47.8 Å². The van der Waals surface area contributed by atoms with E-state index in [2.05, 4.69) is 128 Å². The first-order valence-electron chi connectivity index (χ1n) is 32.5. The Hall–Kier alpha value is -5.68. The standard InChI is InChI=1S/C16H21N3O3.C16H23N3O.C9H8BrNO2.C8H4BrF2N3.C7H14N2O.C6H3Br2NO2.C3H7BO2/c20-19(21)15-8-13(12-1-2-12)7-14(9-15)17-3-5-18(6-4-17)16-10-22-11-16;17-14-7-13(12-1-2-12)8-15(9-14)18-3-5-19(6-4-18)16-10-20-11-16;10-8-3-7(6-1-2-6)4-9(5-8)11(12)13;9-8-12-4-14(13-8)7-2-5(10)1-6(11)3-7;1-3-9(4-2-8-1)7-5-10-6-7;7-4-1-5(8)3-6(2-4)9(10)11;5-4(6)3-1-2-3/h7-9,12,16H,1-6,10-11H2;7-9,12,16H,1-6,10-11,17H2;3-6H,1-2H2;1-4H;7-8H,1-6H2;1-3H;3,5-6H,1-2H2. The summed E-state index contributed by atoms with van der Waals surface area (Å²) in [4.78, 5) is 47.0. The minimum absolute atomic E-state index is 0.0752. The van der Waals surface area contributed by atoms with Gasteiger partial charge in [0.05, 0.1) is 78.2 Å². The van der Waals surface area contributed by atoms with Crippen LogP contribution < -0.4 is 20.9 Å². The highest BCUT2D eigenvalue weighted by molar-refractivity contribution is 9.11. The molecule has 10 fully saturated rings. The van der Waals surface area contributed by atoms with Crippen molar-refractivity contribution in [1.82, 2.24) is 34.8 Å². The van der Waals surface area contributed by atoms with Crippen LogP contribution in [0.1, 0.15) is 85.8 Å². The molecular weight excluding hydrogens is 1510 g/mol. The lowest BCUT2D eigenvalue weighted by atomic mass is 9.84. The SMILES string of the molecule is C1CN(C2COC2)CCN1.Fc1cc(F)cc(-n2cnc(Br)n2)c1.Nc1cc(C2CC2)cc(N2CCN(C3COC3)CC2)c1.O=[N+]([O-])c1cc(Br)cc(Br)c1.O=[N+]([O-])c1cc(Br)cc(C2CC2)c1.O=[N+]([O-])c1cc(C2CC2)cc(N2CCN(C3COC3)CC2)c1.OB(O)C1CC1. The lowest BCUT2D eigenvalue weighted by molar-refractivity contribution is -0.385. The van der Waals surface area contributed by atoms with Crippen LogP contribution in [0.2, 0.25) is 5.82 Å². The predicted molar refractivity (Wildman–Crippen MR) is 377 cm³/mol. The Labute approximate surface area is 590 Å². The number of non-ortho nitro benzene ring substituents is 3. The summed E-state index contributed by atoms with van der Waals surface area (Å²) in [6.45, 7) is 18.5. The molecule has 4 saturated carbocycles. The van der Waals surface area contributed by atoms with Gasteiger partial charge in [-0.1, -0.05) is 60.6 Å². The smallest absolute Gasteiger partial charge is 0.427 e. The lowest BCUT2D eigenvalue weighted by Gasteiger charge is -2.43. The molecule has 0 radical (unpaired) electrons. The third kappa shape index (κ3) is 22.4. The number of hydrogen-bond donors (Lipinski definition) is 4. The Morgan fingerprint density at radius 3 is 1.26 bits per heavy atom. The quantitative estimate of drug-likeness (QED) is 0.0362. The third-order valence-electron chi connectivity index (χ3n) is 18.0. The van der Waals surface area contributed by atoms with Crippen LogP contribution in [0.5, 0.6) is 0 Å². The fourth-order valence-corrected chi connectivity index (χ4v) is 13.6. The number of benzene rings is 5. The first-order chi connectivity index (χ1) is 46.2. The first-order valence-corrected chi connectivity index (χ1v) is 35.7. The highest BCUT2D eigenvalue weighted by atomic mass is 79.9. The summed E-state index contributed by atoms with van der Waals surface area (Å²) in [7, 11) is -1.04. The van der Waals surface area contributed by atoms with Gasteiger partial charge in [-0.05, 0) is 143 Å². The molecule has 0 atom stereocenters. The van der Waals surface area contributed by atoms with Crippen LogP contribution in [0.25, 0.3) is 5.69 Å². The van der Waals surface area contributed by atoms with E-state index in [9.17, 15) is 39.1 Å². The molecule has 0 unspecified atom stereocenters. The number of piperazine rings is 3. The Morgan fingerprint density at radius 2 is 0.885 bits per heavy atom. The zero-order valence-corrected chi connectivity index (χ0v) is 59.4. The molecule has 5 aromatic carbocycles. The molecule has 1 aromatic heterocycles. The molecule has 24 nitrogen and oxygen atoms in total. The van der Waals surface area contributed by atoms with Crippen LogP contribution >= 0.6 is 63.7 Å². The van der Waals surface area contributed by atoms with E-state index in [0.29, 0.717) is 43.3 Å². The molecule has 16 rings (SSSR count). The topological polar surface area (TPSA) is 283 Å². The number of anilines is 3. The van der Waals surface area contributed by atoms with Gasteiger partial charge in [0, 0.05) is 151 Å². The second-order valence-corrected chi connectivity index (χ2v) is 28.8. The second-order valence-electron chi connectivity index (χ2n) is 25.3. The molecule has 0 spiro atoms. The molecular formula is C65H80BBr4F2N13O11. The van der Waals surface area contributed by atoms with E-state index in [-0.39, 0.29) is 32.7 Å². The van der Waals surface area contributed by atoms with Gasteiger partial charge in [0.25, 0.3) is 17.1 Å². The van der Waals surface area contributed by atoms with Crippen molar-refractivity contribution in [3.8, 4) is 5.69 Å². The Morgan fingerprint density at radius 1 is 0.490 bits per heavy atom. The molecule has 5 N–H and O–H groups in total. The zero-order chi connectivity index (χ0) is 68.0. The first kappa shape index (κ1) is 73.1. The van der Waals surface area contributed by atoms with Gasteiger partial charge < -0.3 is 45.1 Å². The molecule has 0 bridgehead atoms. The van der Waals surface area contributed by atoms with Crippen molar-refractivity contribution in [2.45, 2.75) is 93.1 Å². The van der Waals surface area contributed by atoms with Gasteiger partial charge in [-0.3, -0.25) is 45.0 Å². The number of nitrogens with two attached hydrogens (primary N) is 1. The molecule has 6 aliphatic heterocycles. The van der Waals surface area contributed by atoms with E-state index < -0.39 is 23.7 Å². The number of rotatable bonds is 13. The normalized spacial score (nSPS) is 19.7. The number of ether oxygens (including phenoxy) is 3. The maximum Gasteiger partial charge on any atom is 0.454 e. The van der Waals surface area contributed by atoms with E-state index in [0.717, 1.165) is 189 Å². The van der Waals surface area contributed by atoms with Gasteiger partial charge >= 0.3 is 7.12 Å². The van der Waals surface area contributed by atoms with E-state index in [1.807, 2.05) is 6.07 Å². The van der Waals surface area contributed by atoms with Crippen LogP contribution in [-0.4, -0.2) is 198 Å². The summed E-state index contributed by atoms with van der Waals surface area (Å²) in [6, 6.07) is 27.2. The van der Waals surface area contributed by atoms with E-state index in [4.69, 9.17) is 30.0 Å². The number of nitrogens with zero attached hydrogens (tertiary/aromatic N) is 11. The number of halogens is 6. The van der Waals surface area contributed by atoms with Crippen molar-refractivity contribution in [2.75, 3.05) is 134 Å². The van der Waals surface area contributed by atoms with E-state index >= 15 is 0 Å². The van der Waals surface area contributed by atoms with Crippen molar-refractivity contribution in [3.05, 3.63) is 174 Å². The summed E-state index contributed by atoms with van der Waals surface area (Å²) in [5.74, 6) is 0.775. The number of nitrogen functional groups attached to an aromatic ring is 1. The van der Waals surface area contributed by atoms with Crippen molar-refractivity contribution >= 4 is 105 Å². The number of nitrogens with one attached hydrogen (secondary N) is 1. The molecule has 10 aliphatic rings. The number of aromatic nitrogens is 3. The van der Waals surface area contributed by atoms with Gasteiger partial charge in [0.15, 0.2) is 0 Å². The van der Waals surface area contributed by atoms with E-state index in [1.54, 1.807) is 24.3 Å². The average molecular weight is 1590 g/mol. The summed E-state index contributed by atoms with van der Waals surface area (Å²) < 4.78 is 45.1. The van der Waals surface area contributed by atoms with Gasteiger partial charge in [-0.2, -0.15) is 0 Å². The molecule has 6 saturated heterocycles. The van der Waals surface area contributed by atoms with E-state index in [1.165, 1.54) is 78.5 Å². The van der Waals surface area contributed by atoms with Crippen LogP contribution in [0, 0.1) is 42.0 Å². The van der Waals surface area contributed by atoms with Gasteiger partial charge in [-0.25, -0.2) is 18.4 Å². The summed E-state index contributed by atoms with van der Waals surface area (Å²) >= 11 is 12.6. The maximum absolute atomic E-state index is 12.8. The summed E-state index contributed by atoms with van der Waals surface area (Å²) in [5.41, 5.74) is 13.8. The third-order valence-corrected chi connectivity index (χ3v) is 19.7. The Bertz CT molecular complexity index is 3540. The molecule has 31 heteroatoms. The van der Waals surface area contributed by atoms with Crippen molar-refractivity contribution in [1.29, 1.82) is 0 Å². The molecule has 516 valence electrons. The summed E-state index contributed by atoms with van der Waals surface area (Å²) in [5, 5.41) is 55.7. The lowest BCUT2D eigenvalue weighted by Crippen LogP contribution is -2.56. The zero-order valence-electron chi connectivity index (χ0n) is 53.1. The van der Waals surface area contributed by atoms with Crippen LogP contribution in [0.4, 0.5) is 42.9 Å². The van der Waals surface area contributed by atoms with Crippen LogP contribution in [-0.2, 0) is 14.2 Å². The monoisotopic (exact) mass is 1580 g/mol. The minimum atomic E-state index is -1.04. The second kappa shape index (κ2) is 34.9. The molecule has 0 amide bonds. The van der Waals surface area contributed by atoms with Crippen LogP contribution in [0.3, 0.4) is 0 Å². The highest BCUT2D eigenvalue weighted by Crippen LogP contribution is 2.45. The fraction of sp³-hybridized carbons (Fsp3) is 0.508. The van der Waals surface area contributed by atoms with Gasteiger partial charge in [0.1, 0.15) is 18.0 Å². The Kier molecular flexibility index (Phi) is 26.6.